The Morgan fingerprint density at radius 3 is 2.42 bits per heavy atom. The van der Waals surface area contributed by atoms with Crippen LogP contribution < -0.4 is 5.32 Å². The van der Waals surface area contributed by atoms with E-state index >= 15 is 0 Å². The molecule has 1 aliphatic rings. The summed E-state index contributed by atoms with van der Waals surface area (Å²) in [5, 5.41) is 2.81. The van der Waals surface area contributed by atoms with Crippen LogP contribution in [0.2, 0.25) is 5.02 Å². The first-order valence-electron chi connectivity index (χ1n) is 7.82. The number of sulfonamides is 1. The van der Waals surface area contributed by atoms with Crippen molar-refractivity contribution in [3.05, 3.63) is 57.5 Å². The Morgan fingerprint density at radius 2 is 1.77 bits per heavy atom. The highest BCUT2D eigenvalue weighted by Crippen LogP contribution is 2.28. The summed E-state index contributed by atoms with van der Waals surface area (Å²) >= 11 is 9.43. The van der Waals surface area contributed by atoms with Crippen LogP contribution >= 0.6 is 27.5 Å². The number of halogens is 2. The predicted octanol–water partition coefficient (Wildman–Crippen LogP) is 3.38. The lowest BCUT2D eigenvalue weighted by Gasteiger charge is -2.26. The van der Waals surface area contributed by atoms with Crippen molar-refractivity contribution in [3.63, 3.8) is 0 Å². The number of hydrogen-bond donors (Lipinski definition) is 1. The van der Waals surface area contributed by atoms with Gasteiger partial charge in [-0.15, -0.1) is 0 Å². The molecule has 1 aliphatic heterocycles. The molecule has 1 fully saturated rings. The number of morpholine rings is 1. The molecule has 0 bridgehead atoms. The molecule has 6 nitrogen and oxygen atoms in total. The molecule has 2 aromatic rings. The van der Waals surface area contributed by atoms with Gasteiger partial charge < -0.3 is 10.1 Å². The standard InChI is InChI=1S/C17H16BrClN2O4S/c18-13-3-1-12(2-4-13)17(22)20-14-5-6-15(19)16(11-14)26(23,24)21-7-9-25-10-8-21/h1-6,11H,7-10H2,(H,20,22). The Labute approximate surface area is 165 Å². The Hall–Kier alpha value is -1.45. The van der Waals surface area contributed by atoms with Gasteiger partial charge in [0.1, 0.15) is 4.90 Å². The van der Waals surface area contributed by atoms with E-state index in [-0.39, 0.29) is 28.9 Å². The van der Waals surface area contributed by atoms with E-state index < -0.39 is 10.0 Å². The Balaban J connectivity index is 1.85. The van der Waals surface area contributed by atoms with E-state index in [1.54, 1.807) is 30.3 Å². The van der Waals surface area contributed by atoms with Crippen LogP contribution in [0.15, 0.2) is 51.8 Å². The number of benzene rings is 2. The summed E-state index contributed by atoms with van der Waals surface area (Å²) in [4.78, 5) is 12.3. The fourth-order valence-electron chi connectivity index (χ4n) is 2.51. The van der Waals surface area contributed by atoms with Crippen LogP contribution in [0.5, 0.6) is 0 Å². The summed E-state index contributed by atoms with van der Waals surface area (Å²) in [7, 11) is -3.76. The first kappa shape index (κ1) is 19.3. The molecule has 0 spiro atoms. The first-order chi connectivity index (χ1) is 12.4. The number of nitrogens with zero attached hydrogens (tertiary/aromatic N) is 1. The molecule has 1 N–H and O–H groups in total. The van der Waals surface area contributed by atoms with E-state index in [4.69, 9.17) is 16.3 Å². The zero-order valence-electron chi connectivity index (χ0n) is 13.6. The number of anilines is 1. The second-order valence-electron chi connectivity index (χ2n) is 5.62. The van der Waals surface area contributed by atoms with E-state index in [1.807, 2.05) is 0 Å². The fourth-order valence-corrected chi connectivity index (χ4v) is 4.68. The van der Waals surface area contributed by atoms with Gasteiger partial charge in [0, 0.05) is 28.8 Å². The Morgan fingerprint density at radius 1 is 1.12 bits per heavy atom. The van der Waals surface area contributed by atoms with Crippen LogP contribution in [-0.4, -0.2) is 44.9 Å². The van der Waals surface area contributed by atoms with Crippen LogP contribution in [0, 0.1) is 0 Å². The summed E-state index contributed by atoms with van der Waals surface area (Å²) < 4.78 is 33.0. The topological polar surface area (TPSA) is 75.7 Å². The third-order valence-electron chi connectivity index (χ3n) is 3.88. The number of carbonyl (C=O) groups excluding carboxylic acids is 1. The van der Waals surface area contributed by atoms with Gasteiger partial charge in [-0.1, -0.05) is 27.5 Å². The molecule has 3 rings (SSSR count). The molecule has 0 unspecified atom stereocenters. The molecule has 0 atom stereocenters. The SMILES string of the molecule is O=C(Nc1ccc(Cl)c(S(=O)(=O)N2CCOCC2)c1)c1ccc(Br)cc1. The lowest BCUT2D eigenvalue weighted by molar-refractivity contribution is 0.0730. The summed E-state index contributed by atoms with van der Waals surface area (Å²) in [5.74, 6) is -0.338. The summed E-state index contributed by atoms with van der Waals surface area (Å²) in [6.07, 6.45) is 0. The summed E-state index contributed by atoms with van der Waals surface area (Å²) in [6.45, 7) is 1.23. The second kappa shape index (κ2) is 8.06. The normalized spacial score (nSPS) is 15.6. The van der Waals surface area contributed by atoms with Gasteiger partial charge >= 0.3 is 0 Å². The van der Waals surface area contributed by atoms with Crippen molar-refractivity contribution in [2.24, 2.45) is 0 Å². The van der Waals surface area contributed by atoms with Crippen molar-refractivity contribution in [2.45, 2.75) is 4.90 Å². The molecule has 0 saturated carbocycles. The first-order valence-corrected chi connectivity index (χ1v) is 10.4. The average molecular weight is 460 g/mol. The number of ether oxygens (including phenoxy) is 1. The van der Waals surface area contributed by atoms with Gasteiger partial charge in [0.05, 0.1) is 18.2 Å². The minimum absolute atomic E-state index is 0.0327. The number of amides is 1. The Bertz CT molecular complexity index is 913. The highest BCUT2D eigenvalue weighted by atomic mass is 79.9. The molecule has 0 radical (unpaired) electrons. The molecule has 1 amide bonds. The highest BCUT2D eigenvalue weighted by Gasteiger charge is 2.28. The van der Waals surface area contributed by atoms with Gasteiger partial charge in [0.2, 0.25) is 10.0 Å². The zero-order chi connectivity index (χ0) is 18.7. The van der Waals surface area contributed by atoms with E-state index in [0.717, 1.165) is 4.47 Å². The highest BCUT2D eigenvalue weighted by molar-refractivity contribution is 9.10. The largest absolute Gasteiger partial charge is 0.379 e. The summed E-state index contributed by atoms with van der Waals surface area (Å²) in [5.41, 5.74) is 0.815. The third-order valence-corrected chi connectivity index (χ3v) is 6.79. The van der Waals surface area contributed by atoms with Crippen LogP contribution in [0.4, 0.5) is 5.69 Å². The van der Waals surface area contributed by atoms with Crippen LogP contribution in [0.3, 0.4) is 0 Å². The molecule has 0 aliphatic carbocycles. The molecule has 9 heteroatoms. The number of nitrogens with one attached hydrogen (secondary N) is 1. The van der Waals surface area contributed by atoms with Crippen molar-refractivity contribution in [2.75, 3.05) is 31.6 Å². The lowest BCUT2D eigenvalue weighted by Crippen LogP contribution is -2.40. The maximum absolute atomic E-state index is 12.8. The smallest absolute Gasteiger partial charge is 0.255 e. The second-order valence-corrected chi connectivity index (χ2v) is 8.85. The minimum Gasteiger partial charge on any atom is -0.379 e. The van der Waals surface area contributed by atoms with Gasteiger partial charge in [-0.05, 0) is 42.5 Å². The van der Waals surface area contributed by atoms with Gasteiger partial charge in [-0.3, -0.25) is 4.79 Å². The summed E-state index contributed by atoms with van der Waals surface area (Å²) in [6, 6.07) is 11.3. The zero-order valence-corrected chi connectivity index (χ0v) is 16.8. The van der Waals surface area contributed by atoms with Gasteiger partial charge in [-0.25, -0.2) is 8.42 Å². The number of carbonyl (C=O) groups is 1. The molecular formula is C17H16BrClN2O4S. The molecule has 1 heterocycles. The molecule has 1 saturated heterocycles. The minimum atomic E-state index is -3.76. The molecule has 2 aromatic carbocycles. The van der Waals surface area contributed by atoms with E-state index in [2.05, 4.69) is 21.2 Å². The molecule has 138 valence electrons. The van der Waals surface area contributed by atoms with E-state index in [1.165, 1.54) is 16.4 Å². The Kier molecular flexibility index (Phi) is 5.99. The maximum Gasteiger partial charge on any atom is 0.255 e. The maximum atomic E-state index is 12.8. The van der Waals surface area contributed by atoms with Crippen molar-refractivity contribution in [3.8, 4) is 0 Å². The fraction of sp³-hybridized carbons (Fsp3) is 0.235. The number of hydrogen-bond acceptors (Lipinski definition) is 4. The van der Waals surface area contributed by atoms with Gasteiger partial charge in [0.25, 0.3) is 5.91 Å². The van der Waals surface area contributed by atoms with Crippen molar-refractivity contribution >= 4 is 49.1 Å². The lowest BCUT2D eigenvalue weighted by atomic mass is 10.2. The monoisotopic (exact) mass is 458 g/mol. The molecule has 26 heavy (non-hydrogen) atoms. The predicted molar refractivity (Wildman–Crippen MR) is 103 cm³/mol. The van der Waals surface area contributed by atoms with E-state index in [0.29, 0.717) is 24.5 Å². The quantitative estimate of drug-likeness (QED) is 0.760. The van der Waals surface area contributed by atoms with Crippen LogP contribution in [0.25, 0.3) is 0 Å². The van der Waals surface area contributed by atoms with Gasteiger partial charge in [0.15, 0.2) is 0 Å². The number of rotatable bonds is 4. The van der Waals surface area contributed by atoms with Gasteiger partial charge in [-0.2, -0.15) is 4.31 Å². The molecule has 0 aromatic heterocycles. The van der Waals surface area contributed by atoms with E-state index in [9.17, 15) is 13.2 Å². The van der Waals surface area contributed by atoms with Crippen molar-refractivity contribution in [1.29, 1.82) is 0 Å². The molecular weight excluding hydrogens is 444 g/mol. The van der Waals surface area contributed by atoms with Crippen LogP contribution in [-0.2, 0) is 14.8 Å². The van der Waals surface area contributed by atoms with Crippen molar-refractivity contribution < 1.29 is 17.9 Å². The van der Waals surface area contributed by atoms with Crippen molar-refractivity contribution in [1.82, 2.24) is 4.31 Å². The third kappa shape index (κ3) is 4.27. The average Bonchev–Trinajstić information content (AvgIpc) is 2.64. The van der Waals surface area contributed by atoms with Crippen LogP contribution in [0.1, 0.15) is 10.4 Å².